The number of ether oxygens (including phenoxy) is 2. The van der Waals surface area contributed by atoms with Gasteiger partial charge in [0.2, 0.25) is 6.10 Å². The van der Waals surface area contributed by atoms with Gasteiger partial charge in [0.25, 0.3) is 5.91 Å². The van der Waals surface area contributed by atoms with Gasteiger partial charge in [-0.1, -0.05) is 47.1 Å². The Kier molecular flexibility index (Phi) is 4.98. The van der Waals surface area contributed by atoms with Crippen LogP contribution in [-0.2, 0) is 4.79 Å². The molecule has 2 aliphatic rings. The predicted molar refractivity (Wildman–Crippen MR) is 104 cm³/mol. The first-order chi connectivity index (χ1) is 12.6. The van der Waals surface area contributed by atoms with Crippen LogP contribution in [0.2, 0.25) is 10.0 Å². The third-order valence-corrected chi connectivity index (χ3v) is 5.65. The Balaban J connectivity index is 1.54. The quantitative estimate of drug-likeness (QED) is 0.738. The van der Waals surface area contributed by atoms with E-state index < -0.39 is 6.10 Å². The molecule has 1 saturated heterocycles. The molecule has 0 saturated carbocycles. The molecule has 1 atom stereocenters. The lowest BCUT2D eigenvalue weighted by Gasteiger charge is -2.28. The van der Waals surface area contributed by atoms with Gasteiger partial charge in [0.15, 0.2) is 16.7 Å². The summed E-state index contributed by atoms with van der Waals surface area (Å²) in [5, 5.41) is 1.51. The van der Waals surface area contributed by atoms with Crippen molar-refractivity contribution in [3.63, 3.8) is 0 Å². The fourth-order valence-corrected chi connectivity index (χ4v) is 3.93. The molecule has 1 amide bonds. The zero-order chi connectivity index (χ0) is 18.1. The lowest BCUT2D eigenvalue weighted by Crippen LogP contribution is -2.46. The molecule has 2 heterocycles. The van der Waals surface area contributed by atoms with E-state index in [2.05, 4.69) is 4.99 Å². The number of hydrogen-bond acceptors (Lipinski definition) is 5. The number of carbonyl (C=O) groups excluding carboxylic acids is 1. The van der Waals surface area contributed by atoms with Crippen LogP contribution in [0.3, 0.4) is 0 Å². The fourth-order valence-electron chi connectivity index (χ4n) is 2.68. The van der Waals surface area contributed by atoms with Gasteiger partial charge >= 0.3 is 0 Å². The number of thioether (sulfide) groups is 1. The zero-order valence-corrected chi connectivity index (χ0v) is 15.9. The first kappa shape index (κ1) is 17.5. The minimum Gasteiger partial charge on any atom is -0.485 e. The van der Waals surface area contributed by atoms with Crippen LogP contribution in [0.5, 0.6) is 11.5 Å². The fraction of sp³-hybridized carbons (Fsp3) is 0.222. The summed E-state index contributed by atoms with van der Waals surface area (Å²) in [7, 11) is 0. The monoisotopic (exact) mass is 408 g/mol. The number of hydrogen-bond donors (Lipinski definition) is 0. The van der Waals surface area contributed by atoms with Crippen LogP contribution in [0.1, 0.15) is 0 Å². The summed E-state index contributed by atoms with van der Waals surface area (Å²) in [5.74, 6) is 1.84. The highest BCUT2D eigenvalue weighted by molar-refractivity contribution is 8.14. The third-order valence-electron chi connectivity index (χ3n) is 3.95. The second-order valence-electron chi connectivity index (χ2n) is 5.70. The standard InChI is InChI=1S/C18H14Cl2N2O3S/c19-12-6-5-11(9-13(12)20)21-18-22(7-8-26-18)17(23)16-10-24-14-3-1-2-4-15(14)25-16/h1-6,9,16H,7-8,10H2/t16-/m1/s1. The van der Waals surface area contributed by atoms with E-state index >= 15 is 0 Å². The molecule has 1 fully saturated rings. The Hall–Kier alpha value is -1.89. The van der Waals surface area contributed by atoms with Crippen molar-refractivity contribution >= 4 is 51.7 Å². The van der Waals surface area contributed by atoms with Crippen LogP contribution >= 0.6 is 35.0 Å². The van der Waals surface area contributed by atoms with Crippen LogP contribution in [0, 0.1) is 0 Å². The molecule has 2 aromatic rings. The summed E-state index contributed by atoms with van der Waals surface area (Å²) in [4.78, 5) is 19.1. The van der Waals surface area contributed by atoms with Gasteiger partial charge in [0.1, 0.15) is 6.61 Å². The van der Waals surface area contributed by atoms with E-state index in [0.29, 0.717) is 38.9 Å². The molecule has 0 aromatic heterocycles. The van der Waals surface area contributed by atoms with E-state index in [1.165, 1.54) is 11.8 Å². The van der Waals surface area contributed by atoms with Gasteiger partial charge in [-0.3, -0.25) is 9.69 Å². The summed E-state index contributed by atoms with van der Waals surface area (Å²) < 4.78 is 11.5. The van der Waals surface area contributed by atoms with E-state index in [1.54, 1.807) is 29.2 Å². The van der Waals surface area contributed by atoms with E-state index in [1.807, 2.05) is 18.2 Å². The number of para-hydroxylation sites is 2. The summed E-state index contributed by atoms with van der Waals surface area (Å²) in [6.45, 7) is 0.752. The molecule has 2 aliphatic heterocycles. The Morgan fingerprint density at radius 2 is 1.96 bits per heavy atom. The van der Waals surface area contributed by atoms with Gasteiger partial charge in [-0.2, -0.15) is 0 Å². The van der Waals surface area contributed by atoms with Crippen LogP contribution in [0.15, 0.2) is 47.5 Å². The molecule has 26 heavy (non-hydrogen) atoms. The number of fused-ring (bicyclic) bond motifs is 1. The Bertz CT molecular complexity index is 890. The first-order valence-electron chi connectivity index (χ1n) is 7.98. The predicted octanol–water partition coefficient (Wildman–Crippen LogP) is 4.40. The summed E-state index contributed by atoms with van der Waals surface area (Å²) in [6, 6.07) is 12.4. The number of amidine groups is 1. The Morgan fingerprint density at radius 3 is 2.77 bits per heavy atom. The molecule has 0 aliphatic carbocycles. The van der Waals surface area contributed by atoms with Crippen LogP contribution in [0.25, 0.3) is 0 Å². The Morgan fingerprint density at radius 1 is 1.15 bits per heavy atom. The molecular weight excluding hydrogens is 395 g/mol. The molecule has 134 valence electrons. The molecule has 5 nitrogen and oxygen atoms in total. The van der Waals surface area contributed by atoms with E-state index in [0.717, 1.165) is 5.75 Å². The largest absolute Gasteiger partial charge is 0.485 e. The normalized spacial score (nSPS) is 20.5. The molecule has 2 aromatic carbocycles. The lowest BCUT2D eigenvalue weighted by molar-refractivity contribution is -0.136. The second-order valence-corrected chi connectivity index (χ2v) is 7.57. The van der Waals surface area contributed by atoms with Gasteiger partial charge in [-0.25, -0.2) is 4.99 Å². The van der Waals surface area contributed by atoms with Gasteiger partial charge in [0.05, 0.1) is 15.7 Å². The highest BCUT2D eigenvalue weighted by Gasteiger charge is 2.35. The van der Waals surface area contributed by atoms with Gasteiger partial charge in [-0.05, 0) is 30.3 Å². The molecule has 0 spiro atoms. The average Bonchev–Trinajstić information content (AvgIpc) is 3.12. The van der Waals surface area contributed by atoms with Crippen molar-refractivity contribution in [2.75, 3.05) is 18.9 Å². The van der Waals surface area contributed by atoms with Crippen molar-refractivity contribution in [1.82, 2.24) is 4.90 Å². The van der Waals surface area contributed by atoms with Crippen molar-refractivity contribution in [1.29, 1.82) is 0 Å². The molecule has 0 radical (unpaired) electrons. The highest BCUT2D eigenvalue weighted by Crippen LogP contribution is 2.33. The van der Waals surface area contributed by atoms with E-state index in [4.69, 9.17) is 32.7 Å². The average molecular weight is 409 g/mol. The van der Waals surface area contributed by atoms with Gasteiger partial charge in [0, 0.05) is 12.3 Å². The zero-order valence-electron chi connectivity index (χ0n) is 13.5. The molecule has 8 heteroatoms. The number of amides is 1. The minimum absolute atomic E-state index is 0.164. The number of benzene rings is 2. The molecule has 0 unspecified atom stereocenters. The summed E-state index contributed by atoms with van der Waals surface area (Å²) >= 11 is 13.5. The summed E-state index contributed by atoms with van der Waals surface area (Å²) in [5.41, 5.74) is 0.646. The highest BCUT2D eigenvalue weighted by atomic mass is 35.5. The second kappa shape index (κ2) is 7.39. The van der Waals surface area contributed by atoms with E-state index in [-0.39, 0.29) is 12.5 Å². The molecule has 0 bridgehead atoms. The van der Waals surface area contributed by atoms with Crippen molar-refractivity contribution in [3.8, 4) is 11.5 Å². The topological polar surface area (TPSA) is 51.1 Å². The molecule has 0 N–H and O–H groups in total. The van der Waals surface area contributed by atoms with Crippen LogP contribution in [0.4, 0.5) is 5.69 Å². The minimum atomic E-state index is -0.692. The maximum atomic E-state index is 12.9. The van der Waals surface area contributed by atoms with Gasteiger partial charge in [-0.15, -0.1) is 0 Å². The number of rotatable bonds is 2. The van der Waals surface area contributed by atoms with Crippen molar-refractivity contribution in [2.24, 2.45) is 4.99 Å². The van der Waals surface area contributed by atoms with Crippen molar-refractivity contribution < 1.29 is 14.3 Å². The van der Waals surface area contributed by atoms with Crippen LogP contribution < -0.4 is 9.47 Å². The lowest BCUT2D eigenvalue weighted by atomic mass is 10.2. The molecule has 4 rings (SSSR count). The van der Waals surface area contributed by atoms with Crippen molar-refractivity contribution in [2.45, 2.75) is 6.10 Å². The number of nitrogens with zero attached hydrogens (tertiary/aromatic N) is 2. The maximum Gasteiger partial charge on any atom is 0.273 e. The Labute approximate surface area is 164 Å². The number of halogens is 2. The number of aliphatic imine (C=N–C) groups is 1. The third kappa shape index (κ3) is 3.49. The van der Waals surface area contributed by atoms with E-state index in [9.17, 15) is 4.79 Å². The SMILES string of the molecule is O=C([C@H]1COc2ccccc2O1)N1CCSC1=Nc1ccc(Cl)c(Cl)c1. The maximum absolute atomic E-state index is 12.9. The molecular formula is C18H14Cl2N2O3S. The smallest absolute Gasteiger partial charge is 0.273 e. The first-order valence-corrected chi connectivity index (χ1v) is 9.72. The number of carbonyl (C=O) groups is 1. The van der Waals surface area contributed by atoms with Crippen LogP contribution in [-0.4, -0.2) is 41.0 Å². The van der Waals surface area contributed by atoms with Gasteiger partial charge < -0.3 is 9.47 Å². The summed E-state index contributed by atoms with van der Waals surface area (Å²) in [6.07, 6.45) is -0.692. The van der Waals surface area contributed by atoms with Crippen molar-refractivity contribution in [3.05, 3.63) is 52.5 Å².